The summed E-state index contributed by atoms with van der Waals surface area (Å²) in [7, 11) is 3.72. The monoisotopic (exact) mass is 266 g/mol. The van der Waals surface area contributed by atoms with Gasteiger partial charge in [0.15, 0.2) is 0 Å². The number of rotatable bonds is 5. The van der Waals surface area contributed by atoms with Crippen molar-refractivity contribution in [3.8, 4) is 11.8 Å². The molecule has 0 N–H and O–H groups in total. The third-order valence-corrected chi connectivity index (χ3v) is 3.16. The molecule has 0 saturated heterocycles. The van der Waals surface area contributed by atoms with Gasteiger partial charge >= 0.3 is 0 Å². The van der Waals surface area contributed by atoms with E-state index in [0.29, 0.717) is 0 Å². The third kappa shape index (κ3) is 3.59. The van der Waals surface area contributed by atoms with Crippen LogP contribution in [0.1, 0.15) is 16.7 Å². The Morgan fingerprint density at radius 1 is 1.10 bits per heavy atom. The quantitative estimate of drug-likeness (QED) is 0.833. The van der Waals surface area contributed by atoms with Gasteiger partial charge in [0.05, 0.1) is 18.7 Å². The number of methoxy groups -OCH3 is 1. The number of nitriles is 1. The predicted octanol–water partition coefficient (Wildman–Crippen LogP) is 3.20. The summed E-state index contributed by atoms with van der Waals surface area (Å²) in [6, 6.07) is 18.0. The van der Waals surface area contributed by atoms with E-state index in [1.165, 1.54) is 5.56 Å². The summed E-state index contributed by atoms with van der Waals surface area (Å²) < 4.78 is 5.23. The van der Waals surface area contributed by atoms with E-state index in [-0.39, 0.29) is 0 Å². The first-order valence-electron chi connectivity index (χ1n) is 6.52. The van der Waals surface area contributed by atoms with Crippen LogP contribution in [0, 0.1) is 11.3 Å². The summed E-state index contributed by atoms with van der Waals surface area (Å²) in [5.74, 6) is 0.869. The zero-order valence-corrected chi connectivity index (χ0v) is 11.8. The second kappa shape index (κ2) is 6.74. The maximum absolute atomic E-state index is 9.10. The van der Waals surface area contributed by atoms with Crippen LogP contribution in [0.25, 0.3) is 0 Å². The summed E-state index contributed by atoms with van der Waals surface area (Å²) in [5.41, 5.74) is 2.99. The highest BCUT2D eigenvalue weighted by molar-refractivity contribution is 5.37. The standard InChI is InChI=1S/C17H18N2O/c1-19(12-14-6-5-9-17(10-14)20-2)13-16-8-4-3-7-15(16)11-18/h3-10H,12-13H2,1-2H3. The first kappa shape index (κ1) is 14.1. The number of benzene rings is 2. The Labute approximate surface area is 120 Å². The molecular weight excluding hydrogens is 248 g/mol. The van der Waals surface area contributed by atoms with Gasteiger partial charge in [0.1, 0.15) is 5.75 Å². The largest absolute Gasteiger partial charge is 0.497 e. The third-order valence-electron chi connectivity index (χ3n) is 3.16. The van der Waals surface area contributed by atoms with Crippen LogP contribution >= 0.6 is 0 Å². The van der Waals surface area contributed by atoms with Crippen molar-refractivity contribution in [3.63, 3.8) is 0 Å². The molecule has 0 aliphatic carbocycles. The van der Waals surface area contributed by atoms with Crippen molar-refractivity contribution in [3.05, 3.63) is 65.2 Å². The molecule has 0 spiro atoms. The summed E-state index contributed by atoms with van der Waals surface area (Å²) >= 11 is 0. The highest BCUT2D eigenvalue weighted by atomic mass is 16.5. The molecule has 0 aliphatic rings. The van der Waals surface area contributed by atoms with E-state index >= 15 is 0 Å². The van der Waals surface area contributed by atoms with Gasteiger partial charge in [0, 0.05) is 13.1 Å². The van der Waals surface area contributed by atoms with E-state index in [0.717, 1.165) is 30.0 Å². The Hall–Kier alpha value is -2.31. The molecule has 0 saturated carbocycles. The van der Waals surface area contributed by atoms with Crippen LogP contribution in [0.4, 0.5) is 0 Å². The molecule has 0 aromatic heterocycles. The van der Waals surface area contributed by atoms with E-state index in [4.69, 9.17) is 10.00 Å². The molecule has 20 heavy (non-hydrogen) atoms. The zero-order valence-electron chi connectivity index (χ0n) is 11.8. The molecule has 0 unspecified atom stereocenters. The lowest BCUT2D eigenvalue weighted by Gasteiger charge is -2.18. The van der Waals surface area contributed by atoms with E-state index in [9.17, 15) is 0 Å². The van der Waals surface area contributed by atoms with Crippen LogP contribution in [0.2, 0.25) is 0 Å². The van der Waals surface area contributed by atoms with Crippen molar-refractivity contribution in [1.29, 1.82) is 5.26 Å². The summed E-state index contributed by atoms with van der Waals surface area (Å²) in [4.78, 5) is 2.19. The van der Waals surface area contributed by atoms with Gasteiger partial charge < -0.3 is 4.74 Å². The van der Waals surface area contributed by atoms with Gasteiger partial charge in [-0.25, -0.2) is 0 Å². The van der Waals surface area contributed by atoms with Crippen molar-refractivity contribution in [2.24, 2.45) is 0 Å². The fourth-order valence-corrected chi connectivity index (χ4v) is 2.20. The molecule has 0 radical (unpaired) electrons. The van der Waals surface area contributed by atoms with E-state index in [2.05, 4.69) is 17.0 Å². The van der Waals surface area contributed by atoms with E-state index in [1.54, 1.807) is 7.11 Å². The molecule has 3 nitrogen and oxygen atoms in total. The number of nitrogens with zero attached hydrogens (tertiary/aromatic N) is 2. The van der Waals surface area contributed by atoms with Gasteiger partial charge in [-0.15, -0.1) is 0 Å². The Balaban J connectivity index is 2.05. The zero-order chi connectivity index (χ0) is 14.4. The molecule has 2 rings (SSSR count). The fourth-order valence-electron chi connectivity index (χ4n) is 2.20. The van der Waals surface area contributed by atoms with Crippen molar-refractivity contribution >= 4 is 0 Å². The van der Waals surface area contributed by atoms with Crippen LogP contribution in [-0.4, -0.2) is 19.1 Å². The van der Waals surface area contributed by atoms with Gasteiger partial charge in [-0.05, 0) is 36.4 Å². The van der Waals surface area contributed by atoms with E-state index < -0.39 is 0 Å². The molecule has 0 fully saturated rings. The smallest absolute Gasteiger partial charge is 0.119 e. The number of hydrogen-bond acceptors (Lipinski definition) is 3. The molecule has 0 aliphatic heterocycles. The van der Waals surface area contributed by atoms with Gasteiger partial charge in [-0.3, -0.25) is 4.90 Å². The molecule has 0 heterocycles. The molecule has 0 amide bonds. The summed E-state index contributed by atoms with van der Waals surface area (Å²) in [6.45, 7) is 1.57. The minimum absolute atomic E-state index is 0.741. The molecule has 0 atom stereocenters. The van der Waals surface area contributed by atoms with Crippen LogP contribution in [0.15, 0.2) is 48.5 Å². The Morgan fingerprint density at radius 3 is 2.65 bits per heavy atom. The normalized spacial score (nSPS) is 10.3. The highest BCUT2D eigenvalue weighted by Gasteiger charge is 2.06. The van der Waals surface area contributed by atoms with Crippen molar-refractivity contribution in [2.75, 3.05) is 14.2 Å². The van der Waals surface area contributed by atoms with Crippen LogP contribution in [0.3, 0.4) is 0 Å². The first-order chi connectivity index (χ1) is 9.72. The topological polar surface area (TPSA) is 36.3 Å². The number of ether oxygens (including phenoxy) is 1. The van der Waals surface area contributed by atoms with Crippen LogP contribution in [0.5, 0.6) is 5.75 Å². The van der Waals surface area contributed by atoms with Gasteiger partial charge in [0.2, 0.25) is 0 Å². The lowest BCUT2D eigenvalue weighted by Crippen LogP contribution is -2.17. The molecule has 2 aromatic rings. The van der Waals surface area contributed by atoms with Gasteiger partial charge in [-0.2, -0.15) is 5.26 Å². The van der Waals surface area contributed by atoms with Crippen molar-refractivity contribution in [2.45, 2.75) is 13.1 Å². The minimum Gasteiger partial charge on any atom is -0.497 e. The molecule has 3 heteroatoms. The molecule has 0 bridgehead atoms. The van der Waals surface area contributed by atoms with Crippen molar-refractivity contribution < 1.29 is 4.74 Å². The maximum atomic E-state index is 9.10. The second-order valence-corrected chi connectivity index (χ2v) is 4.79. The van der Waals surface area contributed by atoms with Crippen LogP contribution < -0.4 is 4.74 Å². The Bertz CT molecular complexity index is 616. The van der Waals surface area contributed by atoms with E-state index in [1.807, 2.05) is 49.5 Å². The summed E-state index contributed by atoms with van der Waals surface area (Å²) in [6.07, 6.45) is 0. The summed E-state index contributed by atoms with van der Waals surface area (Å²) in [5, 5.41) is 9.10. The SMILES string of the molecule is COc1cccc(CN(C)Cc2ccccc2C#N)c1. The first-order valence-corrected chi connectivity index (χ1v) is 6.52. The lowest BCUT2D eigenvalue weighted by molar-refractivity contribution is 0.318. The molecule has 102 valence electrons. The molecular formula is C17H18N2O. The molecule has 2 aromatic carbocycles. The predicted molar refractivity (Wildman–Crippen MR) is 79.3 cm³/mol. The van der Waals surface area contributed by atoms with Crippen molar-refractivity contribution in [1.82, 2.24) is 4.90 Å². The second-order valence-electron chi connectivity index (χ2n) is 4.79. The minimum atomic E-state index is 0.741. The Kier molecular flexibility index (Phi) is 4.75. The highest BCUT2D eigenvalue weighted by Crippen LogP contribution is 2.16. The average molecular weight is 266 g/mol. The van der Waals surface area contributed by atoms with Gasteiger partial charge in [-0.1, -0.05) is 30.3 Å². The lowest BCUT2D eigenvalue weighted by atomic mass is 10.1. The fraction of sp³-hybridized carbons (Fsp3) is 0.235. The van der Waals surface area contributed by atoms with Crippen LogP contribution in [-0.2, 0) is 13.1 Å². The average Bonchev–Trinajstić information content (AvgIpc) is 2.48. The Morgan fingerprint density at radius 2 is 1.90 bits per heavy atom. The maximum Gasteiger partial charge on any atom is 0.119 e. The van der Waals surface area contributed by atoms with Gasteiger partial charge in [0.25, 0.3) is 0 Å². The number of hydrogen-bond donors (Lipinski definition) is 0.